The lowest BCUT2D eigenvalue weighted by Gasteiger charge is -2.05. The summed E-state index contributed by atoms with van der Waals surface area (Å²) in [5, 5.41) is 5.09. The van der Waals surface area contributed by atoms with Crippen molar-refractivity contribution in [1.82, 2.24) is 20.1 Å². The van der Waals surface area contributed by atoms with Gasteiger partial charge in [0.2, 0.25) is 11.7 Å². The zero-order chi connectivity index (χ0) is 17.2. The maximum Gasteiger partial charge on any atom is 0.259 e. The van der Waals surface area contributed by atoms with E-state index < -0.39 is 0 Å². The van der Waals surface area contributed by atoms with Crippen LogP contribution in [-0.4, -0.2) is 26.7 Å². The first-order valence-electron chi connectivity index (χ1n) is 8.05. The highest BCUT2D eigenvalue weighted by Crippen LogP contribution is 2.31. The molecule has 0 amide bonds. The van der Waals surface area contributed by atoms with Gasteiger partial charge in [0.1, 0.15) is 0 Å². The molecule has 0 saturated carbocycles. The van der Waals surface area contributed by atoms with Crippen LogP contribution in [0.4, 0.5) is 0 Å². The van der Waals surface area contributed by atoms with E-state index in [-0.39, 0.29) is 0 Å². The van der Waals surface area contributed by atoms with Crippen molar-refractivity contribution in [2.24, 2.45) is 0 Å². The number of hydrogen-bond donors (Lipinski definition) is 0. The van der Waals surface area contributed by atoms with Crippen molar-refractivity contribution in [2.75, 3.05) is 6.61 Å². The molecule has 0 radical (unpaired) electrons. The Morgan fingerprint density at radius 2 is 1.92 bits per heavy atom. The summed E-state index contributed by atoms with van der Waals surface area (Å²) in [6, 6.07) is 13.5. The van der Waals surface area contributed by atoms with Crippen molar-refractivity contribution in [3.05, 3.63) is 54.4 Å². The molecule has 0 aliphatic rings. The molecule has 0 saturated heterocycles. The number of aromatic nitrogens is 4. The van der Waals surface area contributed by atoms with E-state index in [2.05, 4.69) is 20.1 Å². The molecular weight excluding hydrogens is 316 g/mol. The summed E-state index contributed by atoms with van der Waals surface area (Å²) in [4.78, 5) is 13.3. The van der Waals surface area contributed by atoms with Gasteiger partial charge in [-0.1, -0.05) is 23.4 Å². The molecule has 4 rings (SSSR count). The molecule has 124 valence electrons. The topological polar surface area (TPSA) is 73.9 Å². The van der Waals surface area contributed by atoms with Crippen LogP contribution in [0.3, 0.4) is 0 Å². The fourth-order valence-electron chi connectivity index (χ4n) is 2.74. The first-order valence-corrected chi connectivity index (χ1v) is 8.05. The second kappa shape index (κ2) is 6.32. The number of aryl methyl sites for hydroxylation is 1. The highest BCUT2D eigenvalue weighted by atomic mass is 16.5. The van der Waals surface area contributed by atoms with Gasteiger partial charge in [0.15, 0.2) is 0 Å². The molecular formula is C19H16N4O2. The lowest BCUT2D eigenvalue weighted by atomic mass is 10.1. The average Bonchev–Trinajstić information content (AvgIpc) is 3.11. The van der Waals surface area contributed by atoms with E-state index in [1.165, 1.54) is 0 Å². The molecule has 0 spiro atoms. The Morgan fingerprint density at radius 1 is 1.04 bits per heavy atom. The van der Waals surface area contributed by atoms with Gasteiger partial charge in [0.05, 0.1) is 23.3 Å². The Bertz CT molecular complexity index is 1040. The van der Waals surface area contributed by atoms with Gasteiger partial charge in [-0.05, 0) is 38.1 Å². The fourth-order valence-corrected chi connectivity index (χ4v) is 2.74. The largest absolute Gasteiger partial charge is 0.477 e. The number of para-hydroxylation sites is 1. The Hall–Kier alpha value is -3.28. The molecule has 0 aliphatic carbocycles. The molecule has 3 heterocycles. The van der Waals surface area contributed by atoms with Gasteiger partial charge in [-0.25, -0.2) is 4.98 Å². The summed E-state index contributed by atoms with van der Waals surface area (Å²) in [6.45, 7) is 4.37. The molecule has 0 atom stereocenters. The molecule has 0 bridgehead atoms. The van der Waals surface area contributed by atoms with E-state index in [0.717, 1.165) is 22.2 Å². The maximum atomic E-state index is 5.55. The van der Waals surface area contributed by atoms with Crippen LogP contribution in [0.25, 0.3) is 33.7 Å². The lowest BCUT2D eigenvalue weighted by Crippen LogP contribution is -1.97. The number of nitrogens with zero attached hydrogens (tertiary/aromatic N) is 4. The molecule has 6 nitrogen and oxygen atoms in total. The van der Waals surface area contributed by atoms with Crippen LogP contribution in [-0.2, 0) is 0 Å². The molecule has 0 unspecified atom stereocenters. The quantitative estimate of drug-likeness (QED) is 0.561. The minimum atomic E-state index is 0.447. The van der Waals surface area contributed by atoms with Gasteiger partial charge in [0, 0.05) is 17.3 Å². The molecule has 1 aromatic carbocycles. The zero-order valence-corrected chi connectivity index (χ0v) is 13.9. The third kappa shape index (κ3) is 2.82. The Balaban J connectivity index is 1.83. The Kier molecular flexibility index (Phi) is 3.85. The highest BCUT2D eigenvalue weighted by molar-refractivity contribution is 5.92. The van der Waals surface area contributed by atoms with E-state index in [1.54, 1.807) is 6.20 Å². The second-order valence-electron chi connectivity index (χ2n) is 5.54. The number of ether oxygens (including phenoxy) is 1. The van der Waals surface area contributed by atoms with Crippen LogP contribution >= 0.6 is 0 Å². The molecule has 0 aliphatic heterocycles. The highest BCUT2D eigenvalue weighted by Gasteiger charge is 2.17. The summed E-state index contributed by atoms with van der Waals surface area (Å²) in [7, 11) is 0. The van der Waals surface area contributed by atoms with Crippen LogP contribution in [0.15, 0.2) is 53.2 Å². The Morgan fingerprint density at radius 3 is 2.80 bits per heavy atom. The maximum absolute atomic E-state index is 5.55. The van der Waals surface area contributed by atoms with E-state index in [1.807, 2.05) is 56.3 Å². The minimum Gasteiger partial charge on any atom is -0.477 e. The van der Waals surface area contributed by atoms with Crippen molar-refractivity contribution >= 4 is 10.9 Å². The van der Waals surface area contributed by atoms with Crippen LogP contribution in [0.2, 0.25) is 0 Å². The van der Waals surface area contributed by atoms with E-state index in [4.69, 9.17) is 9.26 Å². The van der Waals surface area contributed by atoms with Gasteiger partial charge < -0.3 is 9.26 Å². The van der Waals surface area contributed by atoms with Gasteiger partial charge in [-0.3, -0.25) is 4.98 Å². The smallest absolute Gasteiger partial charge is 0.259 e. The summed E-state index contributed by atoms with van der Waals surface area (Å²) >= 11 is 0. The normalized spacial score (nSPS) is 11.0. The number of rotatable bonds is 4. The predicted octanol–water partition coefficient (Wildman–Crippen LogP) is 4.05. The number of benzene rings is 1. The van der Waals surface area contributed by atoms with Crippen LogP contribution in [0.1, 0.15) is 12.6 Å². The summed E-state index contributed by atoms with van der Waals surface area (Å²) in [6.07, 6.45) is 1.68. The van der Waals surface area contributed by atoms with E-state index in [9.17, 15) is 0 Å². The fraction of sp³-hybridized carbons (Fsp3) is 0.158. The zero-order valence-electron chi connectivity index (χ0n) is 13.9. The van der Waals surface area contributed by atoms with Crippen molar-refractivity contribution < 1.29 is 9.26 Å². The molecule has 3 aromatic heterocycles. The van der Waals surface area contributed by atoms with E-state index in [0.29, 0.717) is 29.8 Å². The summed E-state index contributed by atoms with van der Waals surface area (Å²) in [5.74, 6) is 1.39. The minimum absolute atomic E-state index is 0.447. The first kappa shape index (κ1) is 15.3. The standard InChI is InChI=1S/C19H16N4O2/c1-3-24-18-14(8-6-10-20-18)17-22-19(25-23-17)15-11-12(2)21-16-9-5-4-7-13(15)16/h4-11H,3H2,1-2H3. The first-order chi connectivity index (χ1) is 12.3. The number of hydrogen-bond acceptors (Lipinski definition) is 6. The van der Waals surface area contributed by atoms with Gasteiger partial charge in [-0.15, -0.1) is 0 Å². The third-order valence-electron chi connectivity index (χ3n) is 3.79. The van der Waals surface area contributed by atoms with Crippen LogP contribution < -0.4 is 4.74 Å². The predicted molar refractivity (Wildman–Crippen MR) is 94.2 cm³/mol. The van der Waals surface area contributed by atoms with Gasteiger partial charge in [0.25, 0.3) is 5.89 Å². The van der Waals surface area contributed by atoms with E-state index >= 15 is 0 Å². The molecule has 6 heteroatoms. The molecule has 0 fully saturated rings. The third-order valence-corrected chi connectivity index (χ3v) is 3.79. The molecule has 4 aromatic rings. The molecule has 0 N–H and O–H groups in total. The average molecular weight is 332 g/mol. The Labute approximate surface area is 144 Å². The van der Waals surface area contributed by atoms with Crippen molar-refractivity contribution in [1.29, 1.82) is 0 Å². The monoisotopic (exact) mass is 332 g/mol. The van der Waals surface area contributed by atoms with Gasteiger partial charge >= 0.3 is 0 Å². The summed E-state index contributed by atoms with van der Waals surface area (Å²) < 4.78 is 11.1. The van der Waals surface area contributed by atoms with Crippen molar-refractivity contribution in [3.8, 4) is 28.7 Å². The summed E-state index contributed by atoms with van der Waals surface area (Å²) in [5.41, 5.74) is 3.36. The second-order valence-corrected chi connectivity index (χ2v) is 5.54. The van der Waals surface area contributed by atoms with Crippen LogP contribution in [0.5, 0.6) is 5.88 Å². The number of fused-ring (bicyclic) bond motifs is 1. The van der Waals surface area contributed by atoms with Gasteiger partial charge in [-0.2, -0.15) is 4.98 Å². The molecule has 25 heavy (non-hydrogen) atoms. The van der Waals surface area contributed by atoms with Crippen molar-refractivity contribution in [3.63, 3.8) is 0 Å². The van der Waals surface area contributed by atoms with Crippen LogP contribution in [0, 0.1) is 6.92 Å². The lowest BCUT2D eigenvalue weighted by molar-refractivity contribution is 0.328. The number of pyridine rings is 2. The SMILES string of the molecule is CCOc1ncccc1-c1noc(-c2cc(C)nc3ccccc23)n1. The van der Waals surface area contributed by atoms with Crippen molar-refractivity contribution in [2.45, 2.75) is 13.8 Å².